The monoisotopic (exact) mass is 238 g/mol. The summed E-state index contributed by atoms with van der Waals surface area (Å²) in [6, 6.07) is 0. The molecule has 1 rings (SSSR count). The molecule has 0 aromatic rings. The van der Waals surface area contributed by atoms with Crippen LogP contribution in [-0.4, -0.2) is 29.6 Å². The summed E-state index contributed by atoms with van der Waals surface area (Å²) in [6.45, 7) is 5.73. The Morgan fingerprint density at radius 2 is 1.59 bits per heavy atom. The lowest BCUT2D eigenvalue weighted by Crippen LogP contribution is -2.36. The van der Waals surface area contributed by atoms with Crippen molar-refractivity contribution in [3.05, 3.63) is 12.4 Å². The van der Waals surface area contributed by atoms with Crippen LogP contribution in [0.1, 0.15) is 65.2 Å². The zero-order valence-electron chi connectivity index (χ0n) is 12.0. The first kappa shape index (κ1) is 14.4. The predicted molar refractivity (Wildman–Crippen MR) is 75.7 cm³/mol. The lowest BCUT2D eigenvalue weighted by Gasteiger charge is -2.30. The molecule has 0 fully saturated rings. The van der Waals surface area contributed by atoms with Gasteiger partial charge in [0.25, 0.3) is 0 Å². The molecule has 0 N–H and O–H groups in total. The van der Waals surface area contributed by atoms with Gasteiger partial charge in [0.1, 0.15) is 6.17 Å². The van der Waals surface area contributed by atoms with Crippen LogP contribution in [0.5, 0.6) is 0 Å². The summed E-state index contributed by atoms with van der Waals surface area (Å²) in [7, 11) is 2.20. The molecule has 0 aromatic carbocycles. The Kier molecular flexibility index (Phi) is 7.14. The zero-order valence-corrected chi connectivity index (χ0v) is 12.0. The summed E-state index contributed by atoms with van der Waals surface area (Å²) in [5, 5.41) is 0. The Morgan fingerprint density at radius 1 is 0.882 bits per heavy atom. The minimum Gasteiger partial charge on any atom is -0.359 e. The number of unbranched alkanes of at least 4 members (excludes halogenated alkanes) is 5. The molecule has 0 amide bonds. The van der Waals surface area contributed by atoms with Gasteiger partial charge >= 0.3 is 0 Å². The van der Waals surface area contributed by atoms with Gasteiger partial charge < -0.3 is 9.80 Å². The SMILES string of the molecule is CCCCCCCCC1N(C)C=CN1CCC. The Bertz CT molecular complexity index is 213. The van der Waals surface area contributed by atoms with E-state index in [1.165, 1.54) is 57.9 Å². The molecule has 17 heavy (non-hydrogen) atoms. The van der Waals surface area contributed by atoms with E-state index in [0.717, 1.165) is 0 Å². The van der Waals surface area contributed by atoms with Crippen molar-refractivity contribution in [2.45, 2.75) is 71.4 Å². The quantitative estimate of drug-likeness (QED) is 0.556. The molecule has 1 unspecified atom stereocenters. The van der Waals surface area contributed by atoms with Crippen LogP contribution in [-0.2, 0) is 0 Å². The van der Waals surface area contributed by atoms with E-state index in [-0.39, 0.29) is 0 Å². The maximum absolute atomic E-state index is 2.49. The summed E-state index contributed by atoms with van der Waals surface area (Å²) in [5.74, 6) is 0. The van der Waals surface area contributed by atoms with Gasteiger partial charge in [-0.1, -0.05) is 46.0 Å². The van der Waals surface area contributed by atoms with Crippen LogP contribution in [0.2, 0.25) is 0 Å². The molecule has 100 valence electrons. The minimum absolute atomic E-state index is 0.626. The standard InChI is InChI=1S/C15H30N2/c1-4-6-7-8-9-10-11-15-16(3)13-14-17(15)12-5-2/h13-15H,4-12H2,1-3H3. The van der Waals surface area contributed by atoms with Crippen molar-refractivity contribution in [3.63, 3.8) is 0 Å². The summed E-state index contributed by atoms with van der Waals surface area (Å²) < 4.78 is 0. The van der Waals surface area contributed by atoms with Crippen LogP contribution < -0.4 is 0 Å². The first-order chi connectivity index (χ1) is 8.29. The summed E-state index contributed by atoms with van der Waals surface area (Å²) in [5.41, 5.74) is 0. The Morgan fingerprint density at radius 3 is 2.29 bits per heavy atom. The molecule has 2 nitrogen and oxygen atoms in total. The lowest BCUT2D eigenvalue weighted by molar-refractivity contribution is 0.161. The van der Waals surface area contributed by atoms with Crippen LogP contribution in [0.4, 0.5) is 0 Å². The van der Waals surface area contributed by atoms with Crippen LogP contribution in [0, 0.1) is 0 Å². The molecule has 2 heteroatoms. The second kappa shape index (κ2) is 8.43. The van der Waals surface area contributed by atoms with Gasteiger partial charge in [-0.2, -0.15) is 0 Å². The van der Waals surface area contributed by atoms with Crippen molar-refractivity contribution in [1.29, 1.82) is 0 Å². The third-order valence-corrected chi connectivity index (χ3v) is 3.64. The number of rotatable bonds is 9. The smallest absolute Gasteiger partial charge is 0.100 e. The van der Waals surface area contributed by atoms with Gasteiger partial charge in [-0.15, -0.1) is 0 Å². The van der Waals surface area contributed by atoms with Gasteiger partial charge in [-0.3, -0.25) is 0 Å². The molecule has 0 radical (unpaired) electrons. The molecule has 0 aliphatic carbocycles. The van der Waals surface area contributed by atoms with Crippen LogP contribution in [0.15, 0.2) is 12.4 Å². The maximum Gasteiger partial charge on any atom is 0.100 e. The zero-order chi connectivity index (χ0) is 12.5. The first-order valence-corrected chi connectivity index (χ1v) is 7.45. The second-order valence-electron chi connectivity index (χ2n) is 5.24. The largest absolute Gasteiger partial charge is 0.359 e. The molecule has 1 heterocycles. The lowest BCUT2D eigenvalue weighted by atomic mass is 10.1. The third kappa shape index (κ3) is 5.01. The molecule has 1 aliphatic rings. The molecular weight excluding hydrogens is 208 g/mol. The van der Waals surface area contributed by atoms with Crippen molar-refractivity contribution in [2.75, 3.05) is 13.6 Å². The molecule has 0 spiro atoms. The van der Waals surface area contributed by atoms with Gasteiger partial charge in [0.15, 0.2) is 0 Å². The third-order valence-electron chi connectivity index (χ3n) is 3.64. The van der Waals surface area contributed by atoms with E-state index in [1.807, 2.05) is 0 Å². The highest BCUT2D eigenvalue weighted by Gasteiger charge is 2.21. The average Bonchev–Trinajstić information content (AvgIpc) is 2.66. The number of hydrogen-bond donors (Lipinski definition) is 0. The van der Waals surface area contributed by atoms with Gasteiger partial charge in [0.2, 0.25) is 0 Å². The first-order valence-electron chi connectivity index (χ1n) is 7.45. The van der Waals surface area contributed by atoms with Crippen molar-refractivity contribution >= 4 is 0 Å². The summed E-state index contributed by atoms with van der Waals surface area (Å²) in [4.78, 5) is 4.85. The fourth-order valence-corrected chi connectivity index (χ4v) is 2.58. The number of hydrogen-bond acceptors (Lipinski definition) is 2. The predicted octanol–water partition coefficient (Wildman–Crippen LogP) is 4.19. The normalized spacial score (nSPS) is 19.4. The Labute approximate surface area is 108 Å². The van der Waals surface area contributed by atoms with E-state index < -0.39 is 0 Å². The van der Waals surface area contributed by atoms with E-state index in [9.17, 15) is 0 Å². The number of nitrogens with zero attached hydrogens (tertiary/aromatic N) is 2. The van der Waals surface area contributed by atoms with Crippen molar-refractivity contribution < 1.29 is 0 Å². The van der Waals surface area contributed by atoms with E-state index in [4.69, 9.17) is 0 Å². The van der Waals surface area contributed by atoms with Crippen molar-refractivity contribution in [1.82, 2.24) is 9.80 Å². The fourth-order valence-electron chi connectivity index (χ4n) is 2.58. The Hall–Kier alpha value is -0.660. The van der Waals surface area contributed by atoms with Crippen molar-refractivity contribution in [2.24, 2.45) is 0 Å². The van der Waals surface area contributed by atoms with Crippen molar-refractivity contribution in [3.8, 4) is 0 Å². The van der Waals surface area contributed by atoms with Crippen LogP contribution in [0.3, 0.4) is 0 Å². The fraction of sp³-hybridized carbons (Fsp3) is 0.867. The molecule has 0 aromatic heterocycles. The van der Waals surface area contributed by atoms with Crippen LogP contribution >= 0.6 is 0 Å². The highest BCUT2D eigenvalue weighted by molar-refractivity contribution is 4.95. The van der Waals surface area contributed by atoms with E-state index in [0.29, 0.717) is 6.17 Å². The topological polar surface area (TPSA) is 6.48 Å². The van der Waals surface area contributed by atoms with Crippen LogP contribution in [0.25, 0.3) is 0 Å². The molecule has 0 saturated carbocycles. The van der Waals surface area contributed by atoms with E-state index >= 15 is 0 Å². The molecule has 0 saturated heterocycles. The Balaban J connectivity index is 2.12. The van der Waals surface area contributed by atoms with Gasteiger partial charge in [-0.25, -0.2) is 0 Å². The summed E-state index contributed by atoms with van der Waals surface area (Å²) in [6.07, 6.45) is 16.0. The molecule has 1 aliphatic heterocycles. The van der Waals surface area contributed by atoms with E-state index in [2.05, 4.69) is 43.1 Å². The maximum atomic E-state index is 2.49. The summed E-state index contributed by atoms with van der Waals surface area (Å²) >= 11 is 0. The highest BCUT2D eigenvalue weighted by Crippen LogP contribution is 2.20. The molecular formula is C15H30N2. The average molecular weight is 238 g/mol. The van der Waals surface area contributed by atoms with Gasteiger partial charge in [0, 0.05) is 26.0 Å². The highest BCUT2D eigenvalue weighted by atomic mass is 15.4. The van der Waals surface area contributed by atoms with Gasteiger partial charge in [0.05, 0.1) is 0 Å². The minimum atomic E-state index is 0.626. The molecule has 0 bridgehead atoms. The van der Waals surface area contributed by atoms with E-state index in [1.54, 1.807) is 0 Å². The van der Waals surface area contributed by atoms with Gasteiger partial charge in [-0.05, 0) is 19.3 Å². The second-order valence-corrected chi connectivity index (χ2v) is 5.24. The molecule has 1 atom stereocenters.